The van der Waals surface area contributed by atoms with Crippen LogP contribution in [0, 0.1) is 5.92 Å². The average molecular weight is 325 g/mol. The lowest BCUT2D eigenvalue weighted by atomic mass is 10.2. The van der Waals surface area contributed by atoms with Crippen molar-refractivity contribution in [1.82, 2.24) is 9.29 Å². The molecule has 3 rings (SSSR count). The Labute approximate surface area is 132 Å². The molecule has 0 radical (unpaired) electrons. The number of pyridine rings is 1. The molecule has 0 bridgehead atoms. The maximum atomic E-state index is 12.2. The van der Waals surface area contributed by atoms with Crippen LogP contribution in [0.2, 0.25) is 0 Å². The van der Waals surface area contributed by atoms with Crippen LogP contribution in [-0.4, -0.2) is 37.4 Å². The van der Waals surface area contributed by atoms with Crippen LogP contribution in [-0.2, 0) is 21.6 Å². The zero-order valence-corrected chi connectivity index (χ0v) is 13.5. The van der Waals surface area contributed by atoms with Gasteiger partial charge in [0.1, 0.15) is 5.82 Å². The minimum atomic E-state index is -3.48. The lowest BCUT2D eigenvalue weighted by molar-refractivity contribution is 0.111. The van der Waals surface area contributed by atoms with Gasteiger partial charge in [-0.3, -0.25) is 4.72 Å². The van der Waals surface area contributed by atoms with Crippen LogP contribution in [0.15, 0.2) is 18.3 Å². The minimum absolute atomic E-state index is 0.358. The molecular weight excluding hydrogens is 302 g/mol. The summed E-state index contributed by atoms with van der Waals surface area (Å²) in [4.78, 5) is 4.18. The van der Waals surface area contributed by atoms with Gasteiger partial charge in [-0.2, -0.15) is 12.7 Å². The van der Waals surface area contributed by atoms with Gasteiger partial charge in [-0.15, -0.1) is 0 Å². The van der Waals surface area contributed by atoms with Crippen LogP contribution in [0.3, 0.4) is 0 Å². The number of rotatable bonds is 7. The third-order valence-electron chi connectivity index (χ3n) is 4.03. The molecule has 1 aliphatic heterocycles. The molecule has 0 atom stereocenters. The Kier molecular flexibility index (Phi) is 4.95. The number of hydrogen-bond acceptors (Lipinski definition) is 4. The van der Waals surface area contributed by atoms with Gasteiger partial charge in [0.2, 0.25) is 0 Å². The fourth-order valence-electron chi connectivity index (χ4n) is 2.50. The van der Waals surface area contributed by atoms with E-state index < -0.39 is 10.2 Å². The molecule has 0 unspecified atom stereocenters. The highest BCUT2D eigenvalue weighted by molar-refractivity contribution is 7.90. The molecule has 0 amide bonds. The van der Waals surface area contributed by atoms with Gasteiger partial charge in [0.05, 0.1) is 6.61 Å². The number of hydrogen-bond donors (Lipinski definition) is 1. The molecule has 1 aromatic heterocycles. The summed E-state index contributed by atoms with van der Waals surface area (Å²) in [5.74, 6) is 1.10. The van der Waals surface area contributed by atoms with Crippen molar-refractivity contribution in [3.05, 3.63) is 23.9 Å². The lowest BCUT2D eigenvalue weighted by Crippen LogP contribution is -2.39. The van der Waals surface area contributed by atoms with E-state index in [9.17, 15) is 8.42 Å². The summed E-state index contributed by atoms with van der Waals surface area (Å²) in [6, 6.07) is 3.55. The Hall–Kier alpha value is -1.18. The van der Waals surface area contributed by atoms with Crippen LogP contribution in [0.4, 0.5) is 5.82 Å². The first kappa shape index (κ1) is 15.7. The number of piperidine rings is 1. The summed E-state index contributed by atoms with van der Waals surface area (Å²) in [6.45, 7) is 2.51. The summed E-state index contributed by atoms with van der Waals surface area (Å²) < 4.78 is 34.1. The van der Waals surface area contributed by atoms with E-state index in [1.54, 1.807) is 12.3 Å². The van der Waals surface area contributed by atoms with Gasteiger partial charge in [-0.05, 0) is 43.2 Å². The molecule has 0 spiro atoms. The first-order valence-electron chi connectivity index (χ1n) is 7.94. The highest BCUT2D eigenvalue weighted by Gasteiger charge is 2.24. The predicted molar refractivity (Wildman–Crippen MR) is 84.6 cm³/mol. The summed E-state index contributed by atoms with van der Waals surface area (Å²) in [5.41, 5.74) is 0.960. The number of nitrogens with one attached hydrogen (secondary N) is 1. The molecule has 1 saturated heterocycles. The van der Waals surface area contributed by atoms with Crippen molar-refractivity contribution in [1.29, 1.82) is 0 Å². The Morgan fingerprint density at radius 2 is 2.00 bits per heavy atom. The normalized spacial score (nSPS) is 20.0. The zero-order chi connectivity index (χ0) is 15.4. The molecule has 2 heterocycles. The fraction of sp³-hybridized carbons (Fsp3) is 0.667. The topological polar surface area (TPSA) is 71.5 Å². The predicted octanol–water partition coefficient (Wildman–Crippen LogP) is 2.15. The third kappa shape index (κ3) is 4.41. The number of aromatic nitrogens is 1. The molecule has 1 N–H and O–H groups in total. The van der Waals surface area contributed by atoms with Crippen LogP contribution < -0.4 is 4.72 Å². The van der Waals surface area contributed by atoms with E-state index >= 15 is 0 Å². The lowest BCUT2D eigenvalue weighted by Gasteiger charge is -2.25. The van der Waals surface area contributed by atoms with Crippen molar-refractivity contribution < 1.29 is 13.2 Å². The van der Waals surface area contributed by atoms with Gasteiger partial charge in [0.25, 0.3) is 0 Å². The van der Waals surface area contributed by atoms with Gasteiger partial charge in [-0.1, -0.05) is 12.5 Å². The molecule has 2 fully saturated rings. The molecule has 22 heavy (non-hydrogen) atoms. The van der Waals surface area contributed by atoms with E-state index in [0.717, 1.165) is 37.4 Å². The molecule has 0 aromatic carbocycles. The Morgan fingerprint density at radius 3 is 2.64 bits per heavy atom. The summed E-state index contributed by atoms with van der Waals surface area (Å²) >= 11 is 0. The van der Waals surface area contributed by atoms with E-state index in [4.69, 9.17) is 4.74 Å². The van der Waals surface area contributed by atoms with E-state index in [-0.39, 0.29) is 0 Å². The van der Waals surface area contributed by atoms with Gasteiger partial charge in [-0.25, -0.2) is 4.98 Å². The highest BCUT2D eigenvalue weighted by atomic mass is 32.2. The Morgan fingerprint density at radius 1 is 1.23 bits per heavy atom. The maximum absolute atomic E-state index is 12.2. The number of anilines is 1. The average Bonchev–Trinajstić information content (AvgIpc) is 3.34. The monoisotopic (exact) mass is 325 g/mol. The molecule has 1 aliphatic carbocycles. The molecule has 1 aromatic rings. The second-order valence-corrected chi connectivity index (χ2v) is 7.75. The Balaban J connectivity index is 1.52. The molecule has 2 aliphatic rings. The van der Waals surface area contributed by atoms with Crippen molar-refractivity contribution in [2.45, 2.75) is 38.7 Å². The van der Waals surface area contributed by atoms with Crippen LogP contribution in [0.1, 0.15) is 37.7 Å². The van der Waals surface area contributed by atoms with E-state index in [2.05, 4.69) is 9.71 Å². The summed E-state index contributed by atoms with van der Waals surface area (Å²) in [7, 11) is -3.48. The van der Waals surface area contributed by atoms with Crippen molar-refractivity contribution in [3.63, 3.8) is 0 Å². The smallest absolute Gasteiger partial charge is 0.302 e. The van der Waals surface area contributed by atoms with Crippen molar-refractivity contribution >= 4 is 16.0 Å². The standard InChI is InChI=1S/C15H23N3O3S/c19-22(20,18-8-2-1-3-9-18)17-15-7-6-14(10-16-15)12-21-11-13-4-5-13/h6-7,10,13H,1-5,8-9,11-12H2,(H,16,17). The third-order valence-corrected chi connectivity index (χ3v) is 5.54. The molecule has 7 heteroatoms. The maximum Gasteiger partial charge on any atom is 0.302 e. The van der Waals surface area contributed by atoms with Gasteiger partial charge < -0.3 is 4.74 Å². The van der Waals surface area contributed by atoms with Crippen molar-refractivity contribution in [2.24, 2.45) is 5.92 Å². The first-order chi connectivity index (χ1) is 10.6. The molecule has 122 valence electrons. The van der Waals surface area contributed by atoms with E-state index in [0.29, 0.717) is 25.5 Å². The second kappa shape index (κ2) is 6.93. The van der Waals surface area contributed by atoms with Gasteiger partial charge in [0, 0.05) is 25.9 Å². The van der Waals surface area contributed by atoms with Gasteiger partial charge >= 0.3 is 10.2 Å². The number of ether oxygens (including phenoxy) is 1. The Bertz CT molecular complexity index is 579. The fourth-order valence-corrected chi connectivity index (χ4v) is 3.75. The van der Waals surface area contributed by atoms with E-state index in [1.165, 1.54) is 17.1 Å². The highest BCUT2D eigenvalue weighted by Crippen LogP contribution is 2.29. The van der Waals surface area contributed by atoms with Gasteiger partial charge in [0.15, 0.2) is 0 Å². The van der Waals surface area contributed by atoms with E-state index in [1.807, 2.05) is 6.07 Å². The van der Waals surface area contributed by atoms with Crippen LogP contribution in [0.5, 0.6) is 0 Å². The second-order valence-electron chi connectivity index (χ2n) is 6.08. The molecule has 6 nitrogen and oxygen atoms in total. The minimum Gasteiger partial charge on any atom is -0.376 e. The quantitative estimate of drug-likeness (QED) is 0.834. The SMILES string of the molecule is O=S(=O)(Nc1ccc(COCC2CC2)cn1)N1CCCCC1. The number of nitrogens with zero attached hydrogens (tertiary/aromatic N) is 2. The largest absolute Gasteiger partial charge is 0.376 e. The first-order valence-corrected chi connectivity index (χ1v) is 9.38. The molecule has 1 saturated carbocycles. The summed E-state index contributed by atoms with van der Waals surface area (Å²) in [6.07, 6.45) is 7.16. The van der Waals surface area contributed by atoms with Crippen LogP contribution in [0.25, 0.3) is 0 Å². The van der Waals surface area contributed by atoms with Crippen molar-refractivity contribution in [3.8, 4) is 0 Å². The van der Waals surface area contributed by atoms with Crippen LogP contribution >= 0.6 is 0 Å². The van der Waals surface area contributed by atoms with Crippen molar-refractivity contribution in [2.75, 3.05) is 24.4 Å². The summed E-state index contributed by atoms with van der Waals surface area (Å²) in [5, 5.41) is 0. The molecular formula is C15H23N3O3S. The zero-order valence-electron chi connectivity index (χ0n) is 12.7.